The van der Waals surface area contributed by atoms with Crippen molar-refractivity contribution >= 4 is 16.3 Å². The number of aromatic amines is 1. The molecule has 5 heteroatoms. The van der Waals surface area contributed by atoms with E-state index in [0.717, 1.165) is 63.0 Å². The predicted octanol–water partition coefficient (Wildman–Crippen LogP) is 13.5. The summed E-state index contributed by atoms with van der Waals surface area (Å²) in [5.74, 6) is 3.48. The molecular weight excluding hydrogens is 761 g/mol. The number of imidazole rings is 1. The molecule has 0 unspecified atom stereocenters. The fourth-order valence-electron chi connectivity index (χ4n) is 10.3. The van der Waals surface area contributed by atoms with Crippen molar-refractivity contribution in [1.29, 1.82) is 0 Å². The van der Waals surface area contributed by atoms with Crippen LogP contribution in [0.1, 0.15) is 48.1 Å². The van der Waals surface area contributed by atoms with E-state index in [1.54, 1.807) is 14.2 Å². The Hall–Kier alpha value is -7.37. The number of allylic oxidation sites excluding steroid dienone is 5. The maximum absolute atomic E-state index is 6.78. The number of nitrogens with one attached hydrogen (secondary N) is 1. The monoisotopic (exact) mass is 806 g/mol. The Morgan fingerprint density at radius 3 is 1.94 bits per heavy atom. The molecule has 7 aromatic carbocycles. The third kappa shape index (κ3) is 5.87. The van der Waals surface area contributed by atoms with Gasteiger partial charge in [0, 0.05) is 38.5 Å². The van der Waals surface area contributed by atoms with E-state index in [2.05, 4.69) is 189 Å². The minimum Gasteiger partial charge on any atom is -0.497 e. The lowest BCUT2D eigenvalue weighted by Gasteiger charge is -2.38. The first-order valence-electron chi connectivity index (χ1n) is 21.3. The summed E-state index contributed by atoms with van der Waals surface area (Å²) >= 11 is 0. The number of hydrogen-bond acceptors (Lipinski definition) is 4. The predicted molar refractivity (Wildman–Crippen MR) is 252 cm³/mol. The van der Waals surface area contributed by atoms with Crippen LogP contribution in [0.3, 0.4) is 0 Å². The highest BCUT2D eigenvalue weighted by Crippen LogP contribution is 2.59. The Kier molecular flexibility index (Phi) is 8.90. The van der Waals surface area contributed by atoms with E-state index >= 15 is 0 Å². The molecule has 8 aromatic rings. The molecule has 0 atom stereocenters. The lowest BCUT2D eigenvalue weighted by Crippen LogP contribution is -2.28. The summed E-state index contributed by atoms with van der Waals surface area (Å²) < 4.78 is 18.0. The molecule has 0 bridgehead atoms. The van der Waals surface area contributed by atoms with E-state index < -0.39 is 5.41 Å². The highest BCUT2D eigenvalue weighted by molar-refractivity contribution is 6.10. The van der Waals surface area contributed by atoms with Gasteiger partial charge in [-0.15, -0.1) is 0 Å². The number of H-pyrrole nitrogens is 1. The number of aromatic nitrogens is 2. The molecule has 2 heterocycles. The van der Waals surface area contributed by atoms with E-state index in [1.807, 2.05) is 6.07 Å². The van der Waals surface area contributed by atoms with Gasteiger partial charge in [-0.25, -0.2) is 4.98 Å². The zero-order valence-corrected chi connectivity index (χ0v) is 35.3. The molecular formula is C57H46N2O3. The van der Waals surface area contributed by atoms with E-state index in [0.29, 0.717) is 6.61 Å². The van der Waals surface area contributed by atoms with Crippen LogP contribution in [0.15, 0.2) is 182 Å². The molecule has 0 saturated carbocycles. The van der Waals surface area contributed by atoms with Crippen LogP contribution < -0.4 is 14.2 Å². The first-order valence-corrected chi connectivity index (χ1v) is 21.3. The second kappa shape index (κ2) is 14.7. The molecule has 11 rings (SSSR count). The van der Waals surface area contributed by atoms with Crippen LogP contribution in [-0.2, 0) is 10.8 Å². The quantitative estimate of drug-likeness (QED) is 0.166. The lowest BCUT2D eigenvalue weighted by molar-refractivity contribution is 0.360. The van der Waals surface area contributed by atoms with E-state index in [1.165, 1.54) is 55.5 Å². The molecule has 2 aliphatic carbocycles. The largest absolute Gasteiger partial charge is 0.497 e. The van der Waals surface area contributed by atoms with E-state index in [-0.39, 0.29) is 5.41 Å². The van der Waals surface area contributed by atoms with Crippen molar-refractivity contribution in [2.45, 2.75) is 31.1 Å². The van der Waals surface area contributed by atoms with Gasteiger partial charge in [0.15, 0.2) is 0 Å². The Balaban J connectivity index is 1.06. The topological polar surface area (TPSA) is 56.4 Å². The lowest BCUT2D eigenvalue weighted by atomic mass is 9.66. The van der Waals surface area contributed by atoms with Gasteiger partial charge < -0.3 is 19.2 Å². The van der Waals surface area contributed by atoms with Crippen LogP contribution in [0.5, 0.6) is 17.2 Å². The molecule has 0 spiro atoms. The summed E-state index contributed by atoms with van der Waals surface area (Å²) in [6.45, 7) is 5.25. The number of ether oxygens (including phenoxy) is 3. The van der Waals surface area contributed by atoms with Crippen molar-refractivity contribution < 1.29 is 14.2 Å². The molecule has 5 nitrogen and oxygen atoms in total. The number of rotatable bonds is 8. The van der Waals surface area contributed by atoms with Gasteiger partial charge in [0.05, 0.1) is 25.6 Å². The highest BCUT2D eigenvalue weighted by atomic mass is 16.5. The Morgan fingerprint density at radius 1 is 0.645 bits per heavy atom. The molecule has 0 fully saturated rings. The zero-order chi connectivity index (χ0) is 42.0. The standard InChI is InChI=1S/C57H46N2O3/c1-56(2)48-34-38(55-58-52(36-14-7-5-8-15-36)53(59-55)37-16-9-6-10-17-37)21-30-47(48)49-45-19-11-12-20-46(45)54-50(51(49)56)44(31-33-62-54)39-18-13-32-57(35-39,40-22-26-42(60-3)27-23-40)41-24-28-43(61-4)29-25-41/h5-32,34H,33,35H2,1-4H3,(H,58,59). The van der Waals surface area contributed by atoms with Gasteiger partial charge in [-0.3, -0.25) is 0 Å². The average Bonchev–Trinajstić information content (AvgIpc) is 3.89. The molecule has 0 radical (unpaired) electrons. The van der Waals surface area contributed by atoms with Crippen molar-refractivity contribution in [1.82, 2.24) is 9.97 Å². The molecule has 3 aliphatic rings. The summed E-state index contributed by atoms with van der Waals surface area (Å²) in [5.41, 5.74) is 15.6. The van der Waals surface area contributed by atoms with Crippen LogP contribution in [0, 0.1) is 0 Å². The summed E-state index contributed by atoms with van der Waals surface area (Å²) in [4.78, 5) is 9.07. The molecule has 302 valence electrons. The number of hydrogen-bond donors (Lipinski definition) is 1. The first-order chi connectivity index (χ1) is 30.4. The van der Waals surface area contributed by atoms with Crippen LogP contribution in [0.4, 0.5) is 0 Å². The maximum Gasteiger partial charge on any atom is 0.138 e. The molecule has 1 aliphatic heterocycles. The summed E-state index contributed by atoms with van der Waals surface area (Å²) in [6.07, 6.45) is 9.98. The average molecular weight is 807 g/mol. The number of benzene rings is 7. The minimum absolute atomic E-state index is 0.375. The van der Waals surface area contributed by atoms with Gasteiger partial charge >= 0.3 is 0 Å². The van der Waals surface area contributed by atoms with Crippen LogP contribution in [0.25, 0.3) is 61.4 Å². The van der Waals surface area contributed by atoms with Crippen molar-refractivity contribution in [3.63, 3.8) is 0 Å². The van der Waals surface area contributed by atoms with Gasteiger partial charge in [-0.1, -0.05) is 153 Å². The second-order valence-corrected chi connectivity index (χ2v) is 17.0. The summed E-state index contributed by atoms with van der Waals surface area (Å²) in [6, 6.07) is 53.7. The van der Waals surface area contributed by atoms with Crippen molar-refractivity contribution in [3.05, 3.63) is 209 Å². The van der Waals surface area contributed by atoms with E-state index in [9.17, 15) is 0 Å². The second-order valence-electron chi connectivity index (χ2n) is 17.0. The SMILES string of the molecule is COc1ccc(C2(c3ccc(OC)cc3)C=CC=C(C3=CCOc4c3c3c(c5ccccc45)-c4ccc(-c5nc(-c6ccccc6)c(-c6ccccc6)[nH]5)cc4C3(C)C)C2)cc1. The third-order valence-corrected chi connectivity index (χ3v) is 13.3. The molecule has 1 N–H and O–H groups in total. The van der Waals surface area contributed by atoms with Gasteiger partial charge in [-0.05, 0) is 92.7 Å². The molecule has 62 heavy (non-hydrogen) atoms. The van der Waals surface area contributed by atoms with E-state index in [4.69, 9.17) is 19.2 Å². The Morgan fingerprint density at radius 2 is 1.27 bits per heavy atom. The Labute approximate surface area is 362 Å². The van der Waals surface area contributed by atoms with Gasteiger partial charge in [0.2, 0.25) is 0 Å². The van der Waals surface area contributed by atoms with Crippen molar-refractivity contribution in [2.24, 2.45) is 0 Å². The van der Waals surface area contributed by atoms with Gasteiger partial charge in [0.25, 0.3) is 0 Å². The van der Waals surface area contributed by atoms with Crippen LogP contribution in [0.2, 0.25) is 0 Å². The fraction of sp³-hybridized carbons (Fsp3) is 0.140. The summed E-state index contributed by atoms with van der Waals surface area (Å²) in [5, 5.41) is 2.34. The molecule has 1 aromatic heterocycles. The number of nitrogens with zero attached hydrogens (tertiary/aromatic N) is 1. The number of methoxy groups -OCH3 is 2. The Bertz CT molecular complexity index is 3010. The highest BCUT2D eigenvalue weighted by Gasteiger charge is 2.44. The van der Waals surface area contributed by atoms with Crippen LogP contribution >= 0.6 is 0 Å². The first kappa shape index (κ1) is 37.6. The molecule has 0 amide bonds. The number of fused-ring (bicyclic) bond motifs is 8. The van der Waals surface area contributed by atoms with Crippen molar-refractivity contribution in [2.75, 3.05) is 20.8 Å². The summed E-state index contributed by atoms with van der Waals surface area (Å²) in [7, 11) is 3.43. The zero-order valence-electron chi connectivity index (χ0n) is 35.3. The fourth-order valence-corrected chi connectivity index (χ4v) is 10.3. The van der Waals surface area contributed by atoms with Crippen molar-refractivity contribution in [3.8, 4) is 62.3 Å². The normalized spacial score (nSPS) is 15.5. The van der Waals surface area contributed by atoms with Crippen LogP contribution in [-0.4, -0.2) is 30.8 Å². The van der Waals surface area contributed by atoms with Gasteiger partial charge in [0.1, 0.15) is 29.7 Å². The minimum atomic E-state index is -0.435. The maximum atomic E-state index is 6.78. The smallest absolute Gasteiger partial charge is 0.138 e. The van der Waals surface area contributed by atoms with Gasteiger partial charge in [-0.2, -0.15) is 0 Å². The third-order valence-electron chi connectivity index (χ3n) is 13.3. The molecule has 0 saturated heterocycles.